The van der Waals surface area contributed by atoms with Crippen molar-refractivity contribution in [2.24, 2.45) is 0 Å². The van der Waals surface area contributed by atoms with E-state index in [2.05, 4.69) is 11.8 Å². The second-order valence-electron chi connectivity index (χ2n) is 5.35. The highest BCUT2D eigenvalue weighted by Crippen LogP contribution is 2.32. The predicted octanol–water partition coefficient (Wildman–Crippen LogP) is 3.85. The molecular weight excluding hydrogens is 238 g/mol. The lowest BCUT2D eigenvalue weighted by molar-refractivity contribution is 0.0697. The van der Waals surface area contributed by atoms with Crippen molar-refractivity contribution < 1.29 is 9.90 Å². The van der Waals surface area contributed by atoms with Crippen LogP contribution in [0.3, 0.4) is 0 Å². The normalized spacial score (nSPS) is 16.3. The summed E-state index contributed by atoms with van der Waals surface area (Å²) in [6.07, 6.45) is 6.20. The summed E-state index contributed by atoms with van der Waals surface area (Å²) in [7, 11) is 0. The molecular formula is C16H23NO2. The van der Waals surface area contributed by atoms with E-state index in [4.69, 9.17) is 0 Å². The van der Waals surface area contributed by atoms with Crippen LogP contribution in [-0.2, 0) is 0 Å². The maximum absolute atomic E-state index is 11.5. The third-order valence-electron chi connectivity index (χ3n) is 4.11. The molecule has 1 aliphatic carbocycles. The van der Waals surface area contributed by atoms with Gasteiger partial charge in [-0.2, -0.15) is 0 Å². The van der Waals surface area contributed by atoms with Crippen LogP contribution in [0.2, 0.25) is 0 Å². The first-order chi connectivity index (χ1) is 9.15. The number of anilines is 1. The molecule has 0 aliphatic heterocycles. The van der Waals surface area contributed by atoms with Crippen molar-refractivity contribution in [2.75, 3.05) is 11.4 Å². The first kappa shape index (κ1) is 13.9. The number of benzene rings is 1. The summed E-state index contributed by atoms with van der Waals surface area (Å²) in [5, 5.41) is 9.41. The largest absolute Gasteiger partial charge is 0.478 e. The molecule has 2 rings (SSSR count). The molecule has 0 spiro atoms. The summed E-state index contributed by atoms with van der Waals surface area (Å²) in [4.78, 5) is 13.8. The molecule has 0 unspecified atom stereocenters. The molecule has 0 aromatic heterocycles. The second-order valence-corrected chi connectivity index (χ2v) is 5.35. The lowest BCUT2D eigenvalue weighted by Crippen LogP contribution is -2.38. The number of carboxylic acids is 1. The summed E-state index contributed by atoms with van der Waals surface area (Å²) in [5.41, 5.74) is 2.42. The lowest BCUT2D eigenvalue weighted by Gasteiger charge is -2.37. The Morgan fingerprint density at radius 2 is 2.00 bits per heavy atom. The fourth-order valence-electron chi connectivity index (χ4n) is 3.20. The Morgan fingerprint density at radius 1 is 1.32 bits per heavy atom. The SMILES string of the molecule is CCN(c1c(C)cccc1C(=O)O)C1CCCCC1. The van der Waals surface area contributed by atoms with E-state index in [0.717, 1.165) is 17.8 Å². The van der Waals surface area contributed by atoms with Crippen molar-refractivity contribution in [2.45, 2.75) is 52.0 Å². The van der Waals surface area contributed by atoms with Crippen molar-refractivity contribution in [1.29, 1.82) is 0 Å². The van der Waals surface area contributed by atoms with E-state index >= 15 is 0 Å². The maximum Gasteiger partial charge on any atom is 0.337 e. The van der Waals surface area contributed by atoms with Gasteiger partial charge in [0.15, 0.2) is 0 Å². The van der Waals surface area contributed by atoms with Crippen molar-refractivity contribution >= 4 is 11.7 Å². The highest BCUT2D eigenvalue weighted by Gasteiger charge is 2.24. The fraction of sp³-hybridized carbons (Fsp3) is 0.562. The average molecular weight is 261 g/mol. The Hall–Kier alpha value is -1.51. The van der Waals surface area contributed by atoms with Crippen LogP contribution in [-0.4, -0.2) is 23.7 Å². The molecule has 0 bridgehead atoms. The van der Waals surface area contributed by atoms with E-state index < -0.39 is 5.97 Å². The monoisotopic (exact) mass is 261 g/mol. The van der Waals surface area contributed by atoms with Crippen LogP contribution in [0.25, 0.3) is 0 Å². The van der Waals surface area contributed by atoms with Crippen LogP contribution in [0.4, 0.5) is 5.69 Å². The van der Waals surface area contributed by atoms with E-state index in [1.54, 1.807) is 6.07 Å². The second kappa shape index (κ2) is 6.09. The van der Waals surface area contributed by atoms with Gasteiger partial charge in [0.1, 0.15) is 0 Å². The first-order valence-corrected chi connectivity index (χ1v) is 7.24. The number of carboxylic acid groups (broad SMARTS) is 1. The van der Waals surface area contributed by atoms with Gasteiger partial charge in [-0.25, -0.2) is 4.79 Å². The van der Waals surface area contributed by atoms with E-state index in [-0.39, 0.29) is 0 Å². The van der Waals surface area contributed by atoms with E-state index in [0.29, 0.717) is 11.6 Å². The molecule has 1 aliphatic rings. The van der Waals surface area contributed by atoms with Gasteiger partial charge >= 0.3 is 5.97 Å². The molecule has 0 amide bonds. The van der Waals surface area contributed by atoms with Gasteiger partial charge in [-0.3, -0.25) is 0 Å². The minimum atomic E-state index is -0.826. The van der Waals surface area contributed by atoms with Gasteiger partial charge in [0.05, 0.1) is 11.3 Å². The van der Waals surface area contributed by atoms with Gasteiger partial charge in [-0.05, 0) is 38.3 Å². The molecule has 0 saturated heterocycles. The predicted molar refractivity (Wildman–Crippen MR) is 78.0 cm³/mol. The number of carbonyl (C=O) groups is 1. The van der Waals surface area contributed by atoms with Gasteiger partial charge in [0.2, 0.25) is 0 Å². The Kier molecular flexibility index (Phi) is 4.46. The summed E-state index contributed by atoms with van der Waals surface area (Å²) < 4.78 is 0. The molecule has 19 heavy (non-hydrogen) atoms. The molecule has 3 heteroatoms. The molecule has 3 nitrogen and oxygen atoms in total. The highest BCUT2D eigenvalue weighted by atomic mass is 16.4. The molecule has 1 aromatic carbocycles. The molecule has 0 heterocycles. The zero-order valence-electron chi connectivity index (χ0n) is 11.9. The smallest absolute Gasteiger partial charge is 0.337 e. The summed E-state index contributed by atoms with van der Waals surface area (Å²) in [6.45, 7) is 5.00. The Bertz CT molecular complexity index is 450. The minimum Gasteiger partial charge on any atom is -0.478 e. The fourth-order valence-corrected chi connectivity index (χ4v) is 3.20. The van der Waals surface area contributed by atoms with E-state index in [1.807, 2.05) is 19.1 Å². The number of hydrogen-bond acceptors (Lipinski definition) is 2. The third kappa shape index (κ3) is 2.91. The van der Waals surface area contributed by atoms with Crippen molar-refractivity contribution in [1.82, 2.24) is 0 Å². The van der Waals surface area contributed by atoms with Gasteiger partial charge in [-0.15, -0.1) is 0 Å². The zero-order valence-corrected chi connectivity index (χ0v) is 11.9. The first-order valence-electron chi connectivity index (χ1n) is 7.24. The van der Waals surface area contributed by atoms with E-state index in [9.17, 15) is 9.90 Å². The van der Waals surface area contributed by atoms with E-state index in [1.165, 1.54) is 32.1 Å². The van der Waals surface area contributed by atoms with Crippen molar-refractivity contribution in [3.63, 3.8) is 0 Å². The Morgan fingerprint density at radius 3 is 2.58 bits per heavy atom. The molecule has 0 atom stereocenters. The zero-order chi connectivity index (χ0) is 13.8. The quantitative estimate of drug-likeness (QED) is 0.895. The summed E-state index contributed by atoms with van der Waals surface area (Å²) in [5.74, 6) is -0.826. The molecule has 104 valence electrons. The highest BCUT2D eigenvalue weighted by molar-refractivity contribution is 5.95. The molecule has 1 saturated carbocycles. The number of nitrogens with zero attached hydrogens (tertiary/aromatic N) is 1. The molecule has 1 aromatic rings. The Balaban J connectivity index is 2.39. The maximum atomic E-state index is 11.5. The third-order valence-corrected chi connectivity index (χ3v) is 4.11. The van der Waals surface area contributed by atoms with Crippen LogP contribution in [0.5, 0.6) is 0 Å². The molecule has 1 N–H and O–H groups in total. The number of para-hydroxylation sites is 1. The van der Waals surface area contributed by atoms with Crippen LogP contribution in [0, 0.1) is 6.92 Å². The van der Waals surface area contributed by atoms with Crippen LogP contribution < -0.4 is 4.90 Å². The van der Waals surface area contributed by atoms with Gasteiger partial charge in [-0.1, -0.05) is 31.4 Å². The Labute approximate surface area is 115 Å². The van der Waals surface area contributed by atoms with Crippen LogP contribution in [0.1, 0.15) is 54.9 Å². The summed E-state index contributed by atoms with van der Waals surface area (Å²) >= 11 is 0. The minimum absolute atomic E-state index is 0.437. The number of hydrogen-bond donors (Lipinski definition) is 1. The number of aryl methyl sites for hydroxylation is 1. The van der Waals surface area contributed by atoms with Gasteiger partial charge in [0, 0.05) is 12.6 Å². The van der Waals surface area contributed by atoms with Crippen LogP contribution in [0.15, 0.2) is 18.2 Å². The number of rotatable bonds is 4. The van der Waals surface area contributed by atoms with Crippen molar-refractivity contribution in [3.05, 3.63) is 29.3 Å². The van der Waals surface area contributed by atoms with Gasteiger partial charge < -0.3 is 10.0 Å². The van der Waals surface area contributed by atoms with Gasteiger partial charge in [0.25, 0.3) is 0 Å². The van der Waals surface area contributed by atoms with Crippen molar-refractivity contribution in [3.8, 4) is 0 Å². The standard InChI is InChI=1S/C16H23NO2/c1-3-17(13-9-5-4-6-10-13)15-12(2)8-7-11-14(15)16(18)19/h7-8,11,13H,3-6,9-10H2,1-2H3,(H,18,19). The lowest BCUT2D eigenvalue weighted by atomic mass is 9.92. The topological polar surface area (TPSA) is 40.5 Å². The number of aromatic carboxylic acids is 1. The molecule has 1 fully saturated rings. The average Bonchev–Trinajstić information content (AvgIpc) is 2.42. The summed E-state index contributed by atoms with van der Waals surface area (Å²) in [6, 6.07) is 6.05. The van der Waals surface area contributed by atoms with Crippen LogP contribution >= 0.6 is 0 Å². The molecule has 0 radical (unpaired) electrons.